The molecule has 1 unspecified atom stereocenters. The summed E-state index contributed by atoms with van der Waals surface area (Å²) in [7, 11) is 0. The summed E-state index contributed by atoms with van der Waals surface area (Å²) >= 11 is 0. The van der Waals surface area contributed by atoms with Gasteiger partial charge < -0.3 is 10.2 Å². The zero-order valence-electron chi connectivity index (χ0n) is 11.8. The SMILES string of the molecule is CC(C)N(Cc1ccccn1)C(=O)CC1CCCN1. The van der Waals surface area contributed by atoms with Crippen LogP contribution in [-0.2, 0) is 11.3 Å². The number of rotatable bonds is 5. The Morgan fingerprint density at radius 3 is 2.95 bits per heavy atom. The monoisotopic (exact) mass is 261 g/mol. The number of carbonyl (C=O) groups is 1. The number of pyridine rings is 1. The third-order valence-corrected chi connectivity index (χ3v) is 3.59. The van der Waals surface area contributed by atoms with E-state index in [4.69, 9.17) is 0 Å². The van der Waals surface area contributed by atoms with E-state index in [1.807, 2.05) is 23.1 Å². The van der Waals surface area contributed by atoms with Crippen molar-refractivity contribution < 1.29 is 4.79 Å². The van der Waals surface area contributed by atoms with Crippen LogP contribution in [0.15, 0.2) is 24.4 Å². The standard InChI is InChI=1S/C15H23N3O/c1-12(2)18(11-14-6-3-4-8-17-14)15(19)10-13-7-5-9-16-13/h3-4,6,8,12-13,16H,5,7,9-11H2,1-2H3. The normalized spacial score (nSPS) is 18.8. The Morgan fingerprint density at radius 2 is 2.37 bits per heavy atom. The molecule has 1 aromatic rings. The van der Waals surface area contributed by atoms with Crippen molar-refractivity contribution in [3.8, 4) is 0 Å². The number of hydrogen-bond donors (Lipinski definition) is 1. The summed E-state index contributed by atoms with van der Waals surface area (Å²) in [6.45, 7) is 5.76. The smallest absolute Gasteiger partial charge is 0.224 e. The zero-order valence-corrected chi connectivity index (χ0v) is 11.8. The highest BCUT2D eigenvalue weighted by Gasteiger charge is 2.23. The summed E-state index contributed by atoms with van der Waals surface area (Å²) in [6.07, 6.45) is 4.67. The molecular weight excluding hydrogens is 238 g/mol. The van der Waals surface area contributed by atoms with E-state index < -0.39 is 0 Å². The summed E-state index contributed by atoms with van der Waals surface area (Å²) in [5.41, 5.74) is 0.948. The average molecular weight is 261 g/mol. The fraction of sp³-hybridized carbons (Fsp3) is 0.600. The molecule has 0 saturated carbocycles. The fourth-order valence-electron chi connectivity index (χ4n) is 2.48. The van der Waals surface area contributed by atoms with Crippen molar-refractivity contribution in [1.82, 2.24) is 15.2 Å². The van der Waals surface area contributed by atoms with Gasteiger partial charge in [0.2, 0.25) is 5.91 Å². The maximum atomic E-state index is 12.4. The Labute approximate surface area is 115 Å². The molecule has 0 spiro atoms. The molecule has 0 radical (unpaired) electrons. The van der Waals surface area contributed by atoms with Gasteiger partial charge in [-0.2, -0.15) is 0 Å². The van der Waals surface area contributed by atoms with Gasteiger partial charge in [-0.25, -0.2) is 0 Å². The van der Waals surface area contributed by atoms with Crippen LogP contribution in [0, 0.1) is 0 Å². The van der Waals surface area contributed by atoms with Crippen LogP contribution in [-0.4, -0.2) is 34.4 Å². The molecule has 2 rings (SSSR count). The topological polar surface area (TPSA) is 45.2 Å². The van der Waals surface area contributed by atoms with Gasteiger partial charge in [0.15, 0.2) is 0 Å². The van der Waals surface area contributed by atoms with Gasteiger partial charge in [0.1, 0.15) is 0 Å². The molecule has 0 bridgehead atoms. The van der Waals surface area contributed by atoms with Crippen LogP contribution in [0.1, 0.15) is 38.8 Å². The highest BCUT2D eigenvalue weighted by atomic mass is 16.2. The molecule has 2 heterocycles. The maximum Gasteiger partial charge on any atom is 0.224 e. The highest BCUT2D eigenvalue weighted by Crippen LogP contribution is 2.14. The molecule has 4 nitrogen and oxygen atoms in total. The van der Waals surface area contributed by atoms with Gasteiger partial charge in [-0.3, -0.25) is 9.78 Å². The molecule has 1 N–H and O–H groups in total. The molecule has 4 heteroatoms. The minimum absolute atomic E-state index is 0.205. The van der Waals surface area contributed by atoms with E-state index in [0.29, 0.717) is 19.0 Å². The lowest BCUT2D eigenvalue weighted by Gasteiger charge is -2.27. The summed E-state index contributed by atoms with van der Waals surface area (Å²) in [4.78, 5) is 18.6. The Bertz CT molecular complexity index is 399. The van der Waals surface area contributed by atoms with Crippen LogP contribution >= 0.6 is 0 Å². The molecule has 19 heavy (non-hydrogen) atoms. The summed E-state index contributed by atoms with van der Waals surface area (Å²) in [6, 6.07) is 6.39. The van der Waals surface area contributed by atoms with Crippen LogP contribution in [0.2, 0.25) is 0 Å². The first-order valence-corrected chi connectivity index (χ1v) is 7.09. The van der Waals surface area contributed by atoms with Gasteiger partial charge in [-0.05, 0) is 45.4 Å². The molecule has 1 atom stereocenters. The van der Waals surface area contributed by atoms with E-state index in [1.165, 1.54) is 6.42 Å². The second kappa shape index (κ2) is 6.66. The lowest BCUT2D eigenvalue weighted by Crippen LogP contribution is -2.39. The van der Waals surface area contributed by atoms with Crippen molar-refractivity contribution in [2.45, 2.75) is 51.7 Å². The number of nitrogens with one attached hydrogen (secondary N) is 1. The molecule has 1 fully saturated rings. The fourth-order valence-corrected chi connectivity index (χ4v) is 2.48. The minimum Gasteiger partial charge on any atom is -0.334 e. The van der Waals surface area contributed by atoms with Gasteiger partial charge in [-0.1, -0.05) is 6.07 Å². The highest BCUT2D eigenvalue weighted by molar-refractivity contribution is 5.77. The first-order valence-electron chi connectivity index (χ1n) is 7.09. The first kappa shape index (κ1) is 14.0. The molecule has 1 aliphatic rings. The number of carbonyl (C=O) groups excluding carboxylic acids is 1. The number of amides is 1. The molecule has 1 aromatic heterocycles. The Hall–Kier alpha value is -1.42. The van der Waals surface area contributed by atoms with E-state index >= 15 is 0 Å². The van der Waals surface area contributed by atoms with Gasteiger partial charge >= 0.3 is 0 Å². The Balaban J connectivity index is 1.96. The van der Waals surface area contributed by atoms with Crippen molar-refractivity contribution in [3.63, 3.8) is 0 Å². The quantitative estimate of drug-likeness (QED) is 0.881. The van der Waals surface area contributed by atoms with Crippen molar-refractivity contribution in [1.29, 1.82) is 0 Å². The molecule has 1 aliphatic heterocycles. The van der Waals surface area contributed by atoms with Crippen LogP contribution < -0.4 is 5.32 Å². The third kappa shape index (κ3) is 4.03. The van der Waals surface area contributed by atoms with Crippen LogP contribution in [0.25, 0.3) is 0 Å². The van der Waals surface area contributed by atoms with Crippen molar-refractivity contribution in [3.05, 3.63) is 30.1 Å². The summed E-state index contributed by atoms with van der Waals surface area (Å²) in [5, 5.41) is 3.38. The number of hydrogen-bond acceptors (Lipinski definition) is 3. The Kier molecular flexibility index (Phi) is 4.91. The molecule has 1 saturated heterocycles. The van der Waals surface area contributed by atoms with E-state index in [1.54, 1.807) is 6.20 Å². The van der Waals surface area contributed by atoms with Gasteiger partial charge in [-0.15, -0.1) is 0 Å². The molecule has 104 valence electrons. The molecule has 0 aliphatic carbocycles. The lowest BCUT2D eigenvalue weighted by molar-refractivity contribution is -0.134. The summed E-state index contributed by atoms with van der Waals surface area (Å²) < 4.78 is 0. The largest absolute Gasteiger partial charge is 0.334 e. The first-order chi connectivity index (χ1) is 9.16. The van der Waals surface area contributed by atoms with Gasteiger partial charge in [0.05, 0.1) is 12.2 Å². The van der Waals surface area contributed by atoms with Crippen molar-refractivity contribution >= 4 is 5.91 Å². The zero-order chi connectivity index (χ0) is 13.7. The van der Waals surface area contributed by atoms with Gasteiger partial charge in [0.25, 0.3) is 0 Å². The average Bonchev–Trinajstić information content (AvgIpc) is 2.89. The Morgan fingerprint density at radius 1 is 1.53 bits per heavy atom. The van der Waals surface area contributed by atoms with E-state index in [9.17, 15) is 4.79 Å². The number of nitrogens with zero attached hydrogens (tertiary/aromatic N) is 2. The van der Waals surface area contributed by atoms with Crippen LogP contribution in [0.5, 0.6) is 0 Å². The third-order valence-electron chi connectivity index (χ3n) is 3.59. The van der Waals surface area contributed by atoms with Crippen LogP contribution in [0.3, 0.4) is 0 Å². The second-order valence-electron chi connectivity index (χ2n) is 5.43. The maximum absolute atomic E-state index is 12.4. The predicted molar refractivity (Wildman–Crippen MR) is 75.6 cm³/mol. The van der Waals surface area contributed by atoms with E-state index in [0.717, 1.165) is 18.7 Å². The van der Waals surface area contributed by atoms with E-state index in [2.05, 4.69) is 24.1 Å². The molecular formula is C15H23N3O. The predicted octanol–water partition coefficient (Wildman–Crippen LogP) is 1.96. The second-order valence-corrected chi connectivity index (χ2v) is 5.43. The van der Waals surface area contributed by atoms with Crippen molar-refractivity contribution in [2.24, 2.45) is 0 Å². The summed E-state index contributed by atoms with van der Waals surface area (Å²) in [5.74, 6) is 0.222. The van der Waals surface area contributed by atoms with Crippen molar-refractivity contribution in [2.75, 3.05) is 6.54 Å². The lowest BCUT2D eigenvalue weighted by atomic mass is 10.1. The van der Waals surface area contributed by atoms with Crippen LogP contribution in [0.4, 0.5) is 0 Å². The number of aromatic nitrogens is 1. The van der Waals surface area contributed by atoms with Gasteiger partial charge in [0, 0.05) is 24.7 Å². The minimum atomic E-state index is 0.205. The van der Waals surface area contributed by atoms with E-state index in [-0.39, 0.29) is 11.9 Å². The molecule has 1 amide bonds. The molecule has 0 aromatic carbocycles.